The monoisotopic (exact) mass is 350 g/mol. The fourth-order valence-corrected chi connectivity index (χ4v) is 2.93. The highest BCUT2D eigenvalue weighted by molar-refractivity contribution is 5.99. The van der Waals surface area contributed by atoms with Gasteiger partial charge in [0.1, 0.15) is 0 Å². The van der Waals surface area contributed by atoms with E-state index in [1.54, 1.807) is 0 Å². The number of aromatic nitrogens is 3. The molecule has 1 amide bonds. The topological polar surface area (TPSA) is 76.4 Å². The summed E-state index contributed by atoms with van der Waals surface area (Å²) in [6.07, 6.45) is 2.19. The first-order chi connectivity index (χ1) is 12.5. The molecule has 3 aromatic rings. The maximum atomic E-state index is 12.4. The summed E-state index contributed by atoms with van der Waals surface area (Å²) in [5.41, 5.74) is 3.39. The fraction of sp³-hybridized carbons (Fsp3) is 0.300. The lowest BCUT2D eigenvalue weighted by atomic mass is 9.99. The van der Waals surface area contributed by atoms with Gasteiger partial charge in [-0.15, -0.1) is 10.2 Å². The normalized spacial score (nSPS) is 12.1. The van der Waals surface area contributed by atoms with Gasteiger partial charge in [0.25, 0.3) is 0 Å². The molecule has 2 heterocycles. The number of hydrogen-bond acceptors (Lipinski definition) is 4. The highest BCUT2D eigenvalue weighted by Gasteiger charge is 2.17. The molecule has 6 nitrogen and oxygen atoms in total. The summed E-state index contributed by atoms with van der Waals surface area (Å²) in [5, 5.41) is 11.1. The van der Waals surface area contributed by atoms with Gasteiger partial charge in [0.05, 0.1) is 6.04 Å². The highest BCUT2D eigenvalue weighted by atomic mass is 16.2. The first kappa shape index (κ1) is 17.8. The van der Waals surface area contributed by atoms with Crippen LogP contribution in [0.2, 0.25) is 0 Å². The number of nitrogens with one attached hydrogen (secondary N) is 1. The van der Waals surface area contributed by atoms with Crippen molar-refractivity contribution in [1.82, 2.24) is 19.9 Å². The zero-order valence-electron chi connectivity index (χ0n) is 15.2. The quantitative estimate of drug-likeness (QED) is 0.693. The Labute approximate surface area is 152 Å². The Morgan fingerprint density at radius 2 is 1.92 bits per heavy atom. The fourth-order valence-electron chi connectivity index (χ4n) is 2.93. The van der Waals surface area contributed by atoms with Gasteiger partial charge < -0.3 is 5.32 Å². The lowest BCUT2D eigenvalue weighted by Gasteiger charge is -2.12. The van der Waals surface area contributed by atoms with Gasteiger partial charge in [-0.2, -0.15) is 0 Å². The number of pyridine rings is 1. The number of nitrogens with zero attached hydrogens (tertiary/aromatic N) is 3. The summed E-state index contributed by atoms with van der Waals surface area (Å²) < 4.78 is 1.84. The van der Waals surface area contributed by atoms with Gasteiger partial charge in [-0.1, -0.05) is 23.8 Å². The van der Waals surface area contributed by atoms with Gasteiger partial charge in [-0.05, 0) is 44.5 Å². The Hall–Kier alpha value is -3.02. The number of amides is 1. The Bertz CT molecular complexity index is 961. The molecule has 0 aliphatic carbocycles. The van der Waals surface area contributed by atoms with E-state index in [0.717, 1.165) is 16.8 Å². The third kappa shape index (κ3) is 3.79. The second kappa shape index (κ2) is 7.47. The average Bonchev–Trinajstić information content (AvgIpc) is 3.06. The van der Waals surface area contributed by atoms with Gasteiger partial charge in [-0.3, -0.25) is 14.0 Å². The molecule has 1 N–H and O–H groups in total. The van der Waals surface area contributed by atoms with Gasteiger partial charge in [0.15, 0.2) is 17.3 Å². The van der Waals surface area contributed by atoms with Crippen molar-refractivity contribution in [3.63, 3.8) is 0 Å². The largest absolute Gasteiger partial charge is 0.346 e. The molecule has 0 saturated carbocycles. The maximum Gasteiger partial charge on any atom is 0.221 e. The molecule has 3 rings (SSSR count). The van der Waals surface area contributed by atoms with Crippen LogP contribution in [-0.4, -0.2) is 26.3 Å². The van der Waals surface area contributed by atoms with Crippen LogP contribution in [0.15, 0.2) is 42.6 Å². The van der Waals surface area contributed by atoms with Crippen molar-refractivity contribution in [3.05, 3.63) is 65.1 Å². The zero-order chi connectivity index (χ0) is 18.7. The molecule has 0 saturated heterocycles. The third-order valence-electron chi connectivity index (χ3n) is 4.38. The maximum absolute atomic E-state index is 12.4. The minimum absolute atomic E-state index is 0.0121. The lowest BCUT2D eigenvalue weighted by Crippen LogP contribution is -2.28. The van der Waals surface area contributed by atoms with Crippen molar-refractivity contribution in [3.8, 4) is 0 Å². The molecule has 0 aliphatic heterocycles. The summed E-state index contributed by atoms with van der Waals surface area (Å²) in [4.78, 5) is 24.7. The number of benzene rings is 1. The van der Waals surface area contributed by atoms with E-state index in [2.05, 4.69) is 15.5 Å². The van der Waals surface area contributed by atoms with E-state index in [4.69, 9.17) is 0 Å². The lowest BCUT2D eigenvalue weighted by molar-refractivity contribution is -0.121. The van der Waals surface area contributed by atoms with Crippen LogP contribution in [0.5, 0.6) is 0 Å². The van der Waals surface area contributed by atoms with Crippen LogP contribution in [0.3, 0.4) is 0 Å². The van der Waals surface area contributed by atoms with Gasteiger partial charge >= 0.3 is 0 Å². The molecule has 2 aromatic heterocycles. The van der Waals surface area contributed by atoms with Crippen LogP contribution >= 0.6 is 0 Å². The van der Waals surface area contributed by atoms with Crippen molar-refractivity contribution in [1.29, 1.82) is 0 Å². The number of Topliss-reactive ketones (excluding diaryl/α,β-unsaturated/α-hetero) is 1. The van der Waals surface area contributed by atoms with Crippen LogP contribution in [0, 0.1) is 13.8 Å². The Kier molecular flexibility index (Phi) is 5.11. The first-order valence-corrected chi connectivity index (χ1v) is 8.65. The van der Waals surface area contributed by atoms with Crippen molar-refractivity contribution in [2.75, 3.05) is 0 Å². The Morgan fingerprint density at radius 3 is 2.73 bits per heavy atom. The van der Waals surface area contributed by atoms with E-state index in [1.165, 1.54) is 0 Å². The molecule has 26 heavy (non-hydrogen) atoms. The van der Waals surface area contributed by atoms with Crippen molar-refractivity contribution < 1.29 is 9.59 Å². The van der Waals surface area contributed by atoms with Crippen LogP contribution in [-0.2, 0) is 4.79 Å². The Morgan fingerprint density at radius 1 is 1.12 bits per heavy atom. The molecular formula is C20H22N4O2. The SMILES string of the molecule is Cc1ccc(C)c(C(=O)CCC(=O)NC(C)c2nnc3ccccn23)c1. The zero-order valence-corrected chi connectivity index (χ0v) is 15.2. The summed E-state index contributed by atoms with van der Waals surface area (Å²) in [5.74, 6) is 0.473. The average molecular weight is 350 g/mol. The Balaban J connectivity index is 1.60. The molecule has 0 spiro atoms. The van der Waals surface area contributed by atoms with E-state index in [9.17, 15) is 9.59 Å². The minimum Gasteiger partial charge on any atom is -0.346 e. The smallest absolute Gasteiger partial charge is 0.221 e. The molecule has 0 aliphatic rings. The number of carbonyl (C=O) groups excluding carboxylic acids is 2. The van der Waals surface area contributed by atoms with E-state index in [-0.39, 0.29) is 30.6 Å². The summed E-state index contributed by atoms with van der Waals surface area (Å²) >= 11 is 0. The van der Waals surface area contributed by atoms with Crippen molar-refractivity contribution in [2.45, 2.75) is 39.7 Å². The minimum atomic E-state index is -0.296. The second-order valence-electron chi connectivity index (χ2n) is 6.52. The highest BCUT2D eigenvalue weighted by Crippen LogP contribution is 2.15. The molecule has 6 heteroatoms. The standard InChI is InChI=1S/C20H22N4O2/c1-13-7-8-14(2)16(12-13)17(25)9-10-19(26)21-15(3)20-23-22-18-6-4-5-11-24(18)20/h4-8,11-12,15H,9-10H2,1-3H3,(H,21,26). The second-order valence-corrected chi connectivity index (χ2v) is 6.52. The van der Waals surface area contributed by atoms with Gasteiger partial charge in [0, 0.05) is 24.6 Å². The van der Waals surface area contributed by atoms with Crippen molar-refractivity contribution in [2.24, 2.45) is 0 Å². The molecule has 0 fully saturated rings. The number of rotatable bonds is 6. The van der Waals surface area contributed by atoms with E-state index in [1.807, 2.05) is 67.8 Å². The number of hydrogen-bond donors (Lipinski definition) is 1. The number of carbonyl (C=O) groups is 2. The molecule has 1 unspecified atom stereocenters. The van der Waals surface area contributed by atoms with E-state index < -0.39 is 0 Å². The van der Waals surface area contributed by atoms with E-state index in [0.29, 0.717) is 11.4 Å². The third-order valence-corrected chi connectivity index (χ3v) is 4.38. The van der Waals surface area contributed by atoms with Crippen LogP contribution in [0.4, 0.5) is 0 Å². The van der Waals surface area contributed by atoms with Crippen LogP contribution in [0.1, 0.15) is 53.1 Å². The number of ketones is 1. The summed E-state index contributed by atoms with van der Waals surface area (Å²) in [6, 6.07) is 11.1. The van der Waals surface area contributed by atoms with Crippen LogP contribution < -0.4 is 5.32 Å². The summed E-state index contributed by atoms with van der Waals surface area (Å²) in [6.45, 7) is 5.71. The predicted molar refractivity (Wildman–Crippen MR) is 99.0 cm³/mol. The molecule has 1 aromatic carbocycles. The number of aryl methyl sites for hydroxylation is 2. The van der Waals surface area contributed by atoms with Crippen molar-refractivity contribution >= 4 is 17.3 Å². The molecular weight excluding hydrogens is 328 g/mol. The molecule has 134 valence electrons. The molecule has 0 radical (unpaired) electrons. The molecule has 1 atom stereocenters. The molecule has 0 bridgehead atoms. The van der Waals surface area contributed by atoms with Gasteiger partial charge in [0.2, 0.25) is 5.91 Å². The predicted octanol–water partition coefficient (Wildman–Crippen LogP) is 3.19. The summed E-state index contributed by atoms with van der Waals surface area (Å²) in [7, 11) is 0. The first-order valence-electron chi connectivity index (χ1n) is 8.65. The van der Waals surface area contributed by atoms with Crippen LogP contribution in [0.25, 0.3) is 5.65 Å². The number of fused-ring (bicyclic) bond motifs is 1. The van der Waals surface area contributed by atoms with E-state index >= 15 is 0 Å². The van der Waals surface area contributed by atoms with Gasteiger partial charge in [-0.25, -0.2) is 0 Å².